The van der Waals surface area contributed by atoms with E-state index in [-0.39, 0.29) is 0 Å². The van der Waals surface area contributed by atoms with E-state index in [1.807, 2.05) is 0 Å². The van der Waals surface area contributed by atoms with Gasteiger partial charge in [-0.05, 0) is 50.6 Å². The van der Waals surface area contributed by atoms with Gasteiger partial charge in [0, 0.05) is 30.1 Å². The molecule has 126 valence electrons. The van der Waals surface area contributed by atoms with E-state index in [0.717, 1.165) is 62.7 Å². The summed E-state index contributed by atoms with van der Waals surface area (Å²) in [5.41, 5.74) is 6.46. The van der Waals surface area contributed by atoms with Crippen LogP contribution >= 0.6 is 0 Å². The van der Waals surface area contributed by atoms with E-state index in [0.29, 0.717) is 5.92 Å². The topological polar surface area (TPSA) is 78.5 Å². The van der Waals surface area contributed by atoms with Crippen LogP contribution in [0.1, 0.15) is 59.2 Å². The number of aromatic amines is 1. The zero-order valence-corrected chi connectivity index (χ0v) is 14.0. The Labute approximate surface area is 141 Å². The summed E-state index contributed by atoms with van der Waals surface area (Å²) in [4.78, 5) is 9.78. The van der Waals surface area contributed by atoms with Crippen LogP contribution in [0, 0.1) is 0 Å². The Morgan fingerprint density at radius 3 is 2.83 bits per heavy atom. The van der Waals surface area contributed by atoms with Crippen molar-refractivity contribution in [2.24, 2.45) is 0 Å². The summed E-state index contributed by atoms with van der Waals surface area (Å²) in [6.45, 7) is 2.78. The third-order valence-electron chi connectivity index (χ3n) is 5.46. The quantitative estimate of drug-likeness (QED) is 0.800. The second-order valence-corrected chi connectivity index (χ2v) is 7.21. The second kappa shape index (κ2) is 5.84. The number of H-pyrrole nitrogens is 1. The van der Waals surface area contributed by atoms with Crippen molar-refractivity contribution in [3.05, 3.63) is 34.0 Å². The SMILES string of the molecule is C1Cc2[nH]nc(CNc3nc(C4CC4)nc4c3CCNCC4)c2C1. The number of hydrogen-bond donors (Lipinski definition) is 3. The van der Waals surface area contributed by atoms with Crippen molar-refractivity contribution in [1.29, 1.82) is 0 Å². The van der Waals surface area contributed by atoms with Gasteiger partial charge in [-0.2, -0.15) is 5.10 Å². The third kappa shape index (κ3) is 2.59. The van der Waals surface area contributed by atoms with Gasteiger partial charge in [-0.3, -0.25) is 5.10 Å². The molecule has 5 rings (SSSR count). The minimum Gasteiger partial charge on any atom is -0.364 e. The molecule has 2 aromatic rings. The number of nitrogens with zero attached hydrogens (tertiary/aromatic N) is 3. The molecule has 6 heteroatoms. The number of anilines is 1. The summed E-state index contributed by atoms with van der Waals surface area (Å²) in [6, 6.07) is 0. The molecule has 0 unspecified atom stereocenters. The van der Waals surface area contributed by atoms with Crippen LogP contribution in [0.15, 0.2) is 0 Å². The van der Waals surface area contributed by atoms with E-state index in [2.05, 4.69) is 20.8 Å². The largest absolute Gasteiger partial charge is 0.364 e. The van der Waals surface area contributed by atoms with E-state index in [4.69, 9.17) is 9.97 Å². The number of rotatable bonds is 4. The molecular formula is C18H24N6. The maximum atomic E-state index is 4.89. The van der Waals surface area contributed by atoms with Crippen LogP contribution in [-0.2, 0) is 32.2 Å². The fourth-order valence-corrected chi connectivity index (χ4v) is 3.94. The van der Waals surface area contributed by atoms with Gasteiger partial charge in [-0.25, -0.2) is 9.97 Å². The Hall–Kier alpha value is -1.95. The Balaban J connectivity index is 1.44. The van der Waals surface area contributed by atoms with Crippen molar-refractivity contribution in [2.45, 2.75) is 57.4 Å². The Kier molecular flexibility index (Phi) is 3.51. The standard InChI is InChI=1S/C18H24N6/c1-2-12-15(3-1)23-24-16(12)10-20-18-13-6-8-19-9-7-14(13)21-17(22-18)11-4-5-11/h11,19H,1-10H2,(H,23,24)(H,20,21,22). The lowest BCUT2D eigenvalue weighted by molar-refractivity contribution is 0.707. The average molecular weight is 324 g/mol. The van der Waals surface area contributed by atoms with E-state index < -0.39 is 0 Å². The molecule has 0 bridgehead atoms. The first-order valence-corrected chi connectivity index (χ1v) is 9.28. The van der Waals surface area contributed by atoms with Crippen LogP contribution < -0.4 is 10.6 Å². The van der Waals surface area contributed by atoms with E-state index >= 15 is 0 Å². The molecule has 0 atom stereocenters. The van der Waals surface area contributed by atoms with Gasteiger partial charge in [0.05, 0.1) is 17.9 Å². The molecule has 6 nitrogen and oxygen atoms in total. The molecule has 1 aliphatic heterocycles. The van der Waals surface area contributed by atoms with Crippen LogP contribution in [0.3, 0.4) is 0 Å². The maximum absolute atomic E-state index is 4.89. The van der Waals surface area contributed by atoms with Crippen molar-refractivity contribution in [3.8, 4) is 0 Å². The minimum atomic E-state index is 0.585. The lowest BCUT2D eigenvalue weighted by atomic mass is 10.1. The molecule has 2 aromatic heterocycles. The normalized spacial score (nSPS) is 19.7. The second-order valence-electron chi connectivity index (χ2n) is 7.21. The van der Waals surface area contributed by atoms with Crippen LogP contribution in [0.2, 0.25) is 0 Å². The molecule has 0 radical (unpaired) electrons. The Bertz CT molecular complexity index is 761. The van der Waals surface area contributed by atoms with Gasteiger partial charge in [0.1, 0.15) is 11.6 Å². The number of hydrogen-bond acceptors (Lipinski definition) is 5. The van der Waals surface area contributed by atoms with Crippen LogP contribution in [0.5, 0.6) is 0 Å². The molecule has 24 heavy (non-hydrogen) atoms. The van der Waals surface area contributed by atoms with Gasteiger partial charge in [-0.1, -0.05) is 0 Å². The zero-order valence-electron chi connectivity index (χ0n) is 14.0. The number of nitrogens with one attached hydrogen (secondary N) is 3. The summed E-state index contributed by atoms with van der Waals surface area (Å²) >= 11 is 0. The summed E-state index contributed by atoms with van der Waals surface area (Å²) < 4.78 is 0. The molecule has 3 N–H and O–H groups in total. The minimum absolute atomic E-state index is 0.585. The average Bonchev–Trinajstić information content (AvgIpc) is 3.28. The van der Waals surface area contributed by atoms with Gasteiger partial charge in [0.15, 0.2) is 0 Å². The van der Waals surface area contributed by atoms with Crippen LogP contribution in [-0.4, -0.2) is 33.3 Å². The summed E-state index contributed by atoms with van der Waals surface area (Å²) in [7, 11) is 0. The van der Waals surface area contributed by atoms with Crippen molar-refractivity contribution in [1.82, 2.24) is 25.5 Å². The first-order chi connectivity index (χ1) is 11.9. The van der Waals surface area contributed by atoms with Crippen molar-refractivity contribution in [2.75, 3.05) is 18.4 Å². The van der Waals surface area contributed by atoms with Crippen LogP contribution in [0.25, 0.3) is 0 Å². The molecule has 2 aliphatic carbocycles. The summed E-state index contributed by atoms with van der Waals surface area (Å²) in [5, 5.41) is 14.8. The lowest BCUT2D eigenvalue weighted by Gasteiger charge is -2.14. The Morgan fingerprint density at radius 2 is 1.92 bits per heavy atom. The Morgan fingerprint density at radius 1 is 1.00 bits per heavy atom. The summed E-state index contributed by atoms with van der Waals surface area (Å²) in [5.74, 6) is 2.67. The van der Waals surface area contributed by atoms with Gasteiger partial charge >= 0.3 is 0 Å². The monoisotopic (exact) mass is 324 g/mol. The molecule has 0 saturated heterocycles. The van der Waals surface area contributed by atoms with Crippen molar-refractivity contribution in [3.63, 3.8) is 0 Å². The molecular weight excluding hydrogens is 300 g/mol. The lowest BCUT2D eigenvalue weighted by Crippen LogP contribution is -2.16. The first-order valence-electron chi connectivity index (χ1n) is 9.28. The fourth-order valence-electron chi connectivity index (χ4n) is 3.94. The molecule has 0 spiro atoms. The maximum Gasteiger partial charge on any atom is 0.134 e. The summed E-state index contributed by atoms with van der Waals surface area (Å²) in [6.07, 6.45) is 8.03. The van der Waals surface area contributed by atoms with Crippen molar-refractivity contribution >= 4 is 5.82 Å². The molecule has 0 amide bonds. The molecule has 1 fully saturated rings. The fraction of sp³-hybridized carbons (Fsp3) is 0.611. The number of aryl methyl sites for hydroxylation is 1. The predicted octanol–water partition coefficient (Wildman–Crippen LogP) is 1.87. The zero-order chi connectivity index (χ0) is 15.9. The third-order valence-corrected chi connectivity index (χ3v) is 5.46. The molecule has 3 heterocycles. The van der Waals surface area contributed by atoms with E-state index in [9.17, 15) is 0 Å². The number of fused-ring (bicyclic) bond motifs is 2. The molecule has 0 aromatic carbocycles. The smallest absolute Gasteiger partial charge is 0.134 e. The van der Waals surface area contributed by atoms with Crippen molar-refractivity contribution < 1.29 is 0 Å². The first kappa shape index (κ1) is 14.4. The highest BCUT2D eigenvalue weighted by molar-refractivity contribution is 5.49. The van der Waals surface area contributed by atoms with Gasteiger partial charge < -0.3 is 10.6 Å². The van der Waals surface area contributed by atoms with E-state index in [1.165, 1.54) is 41.8 Å². The number of aromatic nitrogens is 4. The van der Waals surface area contributed by atoms with Gasteiger partial charge in [0.2, 0.25) is 0 Å². The molecule has 1 saturated carbocycles. The highest BCUT2D eigenvalue weighted by Gasteiger charge is 2.29. The van der Waals surface area contributed by atoms with Gasteiger partial charge in [0.25, 0.3) is 0 Å². The van der Waals surface area contributed by atoms with Crippen LogP contribution in [0.4, 0.5) is 5.82 Å². The molecule has 3 aliphatic rings. The highest BCUT2D eigenvalue weighted by Crippen LogP contribution is 2.39. The highest BCUT2D eigenvalue weighted by atomic mass is 15.1. The predicted molar refractivity (Wildman–Crippen MR) is 92.2 cm³/mol. The van der Waals surface area contributed by atoms with Gasteiger partial charge in [-0.15, -0.1) is 0 Å². The van der Waals surface area contributed by atoms with E-state index in [1.54, 1.807) is 0 Å².